The van der Waals surface area contributed by atoms with E-state index >= 15 is 0 Å². The molecule has 2 aliphatic carbocycles. The van der Waals surface area contributed by atoms with Gasteiger partial charge in [0, 0.05) is 35.5 Å². The summed E-state index contributed by atoms with van der Waals surface area (Å²) in [5, 5.41) is 4.25. The Morgan fingerprint density at radius 3 is 2.83 bits per heavy atom. The molecule has 3 aliphatic rings. The lowest BCUT2D eigenvalue weighted by Crippen LogP contribution is -2.46. The van der Waals surface area contributed by atoms with Gasteiger partial charge in [0.25, 0.3) is 17.4 Å². The Bertz CT molecular complexity index is 1120. The lowest BCUT2D eigenvalue weighted by molar-refractivity contribution is 0.328. The van der Waals surface area contributed by atoms with E-state index in [9.17, 15) is 4.79 Å². The standard InChI is InChI=1S/C22H23N5O2/c28-19-16-9-11-22(17(16)23-18(24-19)14-7-8-14)10-4-12-27(13-22)21-25-20(29-26-21)15-5-2-1-3-6-15/h1-3,5-6,14H,4,7-13H2,(H,23,24,28). The average Bonchev–Trinajstić information content (AvgIpc) is 3.39. The first-order chi connectivity index (χ1) is 14.2. The molecule has 1 saturated heterocycles. The van der Waals surface area contributed by atoms with Gasteiger partial charge in [0.05, 0.1) is 5.69 Å². The van der Waals surface area contributed by atoms with Crippen molar-refractivity contribution in [3.8, 4) is 11.5 Å². The van der Waals surface area contributed by atoms with Crippen molar-refractivity contribution >= 4 is 5.95 Å². The molecule has 1 saturated carbocycles. The lowest BCUT2D eigenvalue weighted by Gasteiger charge is -2.39. The molecular formula is C22H23N5O2. The van der Waals surface area contributed by atoms with Crippen LogP contribution in [-0.2, 0) is 11.8 Å². The number of fused-ring (bicyclic) bond motifs is 2. The van der Waals surface area contributed by atoms with Crippen LogP contribution in [0.2, 0.25) is 0 Å². The van der Waals surface area contributed by atoms with Crippen molar-refractivity contribution < 1.29 is 4.52 Å². The van der Waals surface area contributed by atoms with Crippen LogP contribution < -0.4 is 10.5 Å². The molecule has 0 amide bonds. The van der Waals surface area contributed by atoms with Gasteiger partial charge >= 0.3 is 0 Å². The predicted molar refractivity (Wildman–Crippen MR) is 108 cm³/mol. The number of aromatic nitrogens is 4. The smallest absolute Gasteiger partial charge is 0.266 e. The number of piperidine rings is 1. The summed E-state index contributed by atoms with van der Waals surface area (Å²) in [6, 6.07) is 9.84. The second kappa shape index (κ2) is 6.27. The van der Waals surface area contributed by atoms with Crippen LogP contribution in [0.5, 0.6) is 0 Å². The number of H-pyrrole nitrogens is 1. The molecule has 1 unspecified atom stereocenters. The number of benzene rings is 1. The number of nitrogens with one attached hydrogen (secondary N) is 1. The van der Waals surface area contributed by atoms with E-state index in [0.717, 1.165) is 74.3 Å². The molecule has 0 radical (unpaired) electrons. The molecule has 1 N–H and O–H groups in total. The minimum Gasteiger partial charge on any atom is -0.337 e. The Morgan fingerprint density at radius 2 is 2.00 bits per heavy atom. The van der Waals surface area contributed by atoms with Crippen LogP contribution in [0.1, 0.15) is 55.1 Å². The zero-order chi connectivity index (χ0) is 19.4. The van der Waals surface area contributed by atoms with Gasteiger partial charge in [-0.2, -0.15) is 4.98 Å². The van der Waals surface area contributed by atoms with Crippen molar-refractivity contribution in [2.24, 2.45) is 0 Å². The molecule has 7 heteroatoms. The molecular weight excluding hydrogens is 366 g/mol. The molecule has 7 nitrogen and oxygen atoms in total. The highest BCUT2D eigenvalue weighted by molar-refractivity contribution is 5.54. The van der Waals surface area contributed by atoms with Crippen molar-refractivity contribution in [1.29, 1.82) is 0 Å². The van der Waals surface area contributed by atoms with Gasteiger partial charge in [0.1, 0.15) is 5.82 Å². The topological polar surface area (TPSA) is 87.9 Å². The Balaban J connectivity index is 1.33. The van der Waals surface area contributed by atoms with Crippen molar-refractivity contribution in [2.45, 2.75) is 49.9 Å². The van der Waals surface area contributed by atoms with E-state index in [4.69, 9.17) is 9.51 Å². The maximum Gasteiger partial charge on any atom is 0.266 e. The highest BCUT2D eigenvalue weighted by Gasteiger charge is 2.46. The number of rotatable bonds is 3. The zero-order valence-corrected chi connectivity index (χ0v) is 16.2. The molecule has 1 aromatic carbocycles. The van der Waals surface area contributed by atoms with Crippen molar-refractivity contribution in [2.75, 3.05) is 18.0 Å². The van der Waals surface area contributed by atoms with Crippen LogP contribution >= 0.6 is 0 Å². The minimum atomic E-state index is -0.0843. The van der Waals surface area contributed by atoms with Crippen molar-refractivity contribution in [3.63, 3.8) is 0 Å². The van der Waals surface area contributed by atoms with Gasteiger partial charge < -0.3 is 14.4 Å². The molecule has 0 bridgehead atoms. The molecule has 1 aliphatic heterocycles. The third kappa shape index (κ3) is 2.79. The van der Waals surface area contributed by atoms with Crippen LogP contribution in [0.3, 0.4) is 0 Å². The van der Waals surface area contributed by atoms with E-state index in [2.05, 4.69) is 20.0 Å². The second-order valence-electron chi connectivity index (χ2n) is 8.62. The summed E-state index contributed by atoms with van der Waals surface area (Å²) >= 11 is 0. The number of aromatic amines is 1. The van der Waals surface area contributed by atoms with Crippen LogP contribution in [-0.4, -0.2) is 33.2 Å². The molecule has 148 valence electrons. The molecule has 2 fully saturated rings. The SMILES string of the molecule is O=c1[nH]c(C2CC2)nc2c1CCC21CCCN(c2noc(-c3ccccc3)n2)C1. The fourth-order valence-electron chi connectivity index (χ4n) is 4.96. The molecule has 3 heterocycles. The first kappa shape index (κ1) is 16.9. The van der Waals surface area contributed by atoms with Gasteiger partial charge in [0.2, 0.25) is 0 Å². The largest absolute Gasteiger partial charge is 0.337 e. The predicted octanol–water partition coefficient (Wildman–Crippen LogP) is 3.18. The summed E-state index contributed by atoms with van der Waals surface area (Å²) in [5.74, 6) is 2.50. The fraction of sp³-hybridized carbons (Fsp3) is 0.455. The van der Waals surface area contributed by atoms with Crippen LogP contribution in [0, 0.1) is 0 Å². The first-order valence-electron chi connectivity index (χ1n) is 10.5. The monoisotopic (exact) mass is 389 g/mol. The summed E-state index contributed by atoms with van der Waals surface area (Å²) in [7, 11) is 0. The van der Waals surface area contributed by atoms with E-state index in [1.165, 1.54) is 0 Å². The maximum atomic E-state index is 12.7. The van der Waals surface area contributed by atoms with Crippen LogP contribution in [0.25, 0.3) is 11.5 Å². The number of nitrogens with zero attached hydrogens (tertiary/aromatic N) is 4. The summed E-state index contributed by atoms with van der Waals surface area (Å²) in [4.78, 5) is 27.5. The van der Waals surface area contributed by atoms with Gasteiger partial charge in [-0.15, -0.1) is 0 Å². The maximum absolute atomic E-state index is 12.7. The molecule has 3 aromatic rings. The van der Waals surface area contributed by atoms with Crippen molar-refractivity contribution in [3.05, 3.63) is 57.8 Å². The van der Waals surface area contributed by atoms with E-state index in [1.807, 2.05) is 30.3 Å². The van der Waals surface area contributed by atoms with Gasteiger partial charge in [-0.25, -0.2) is 4.98 Å². The number of anilines is 1. The number of hydrogen-bond donors (Lipinski definition) is 1. The van der Waals surface area contributed by atoms with Gasteiger partial charge in [-0.3, -0.25) is 4.79 Å². The number of hydrogen-bond acceptors (Lipinski definition) is 6. The Hall–Kier alpha value is -2.96. The molecule has 1 spiro atoms. The average molecular weight is 389 g/mol. The second-order valence-corrected chi connectivity index (χ2v) is 8.62. The Labute approximate surface area is 168 Å². The van der Waals surface area contributed by atoms with Crippen molar-refractivity contribution in [1.82, 2.24) is 20.1 Å². The Kier molecular flexibility index (Phi) is 3.66. The third-order valence-corrected chi connectivity index (χ3v) is 6.65. The zero-order valence-electron chi connectivity index (χ0n) is 16.2. The van der Waals surface area contributed by atoms with Gasteiger partial charge in [-0.1, -0.05) is 18.2 Å². The van der Waals surface area contributed by atoms with E-state index in [1.54, 1.807) is 0 Å². The van der Waals surface area contributed by atoms with E-state index in [-0.39, 0.29) is 11.0 Å². The highest BCUT2D eigenvalue weighted by atomic mass is 16.5. The van der Waals surface area contributed by atoms with Gasteiger partial charge in [-0.05, 0) is 55.8 Å². The summed E-state index contributed by atoms with van der Waals surface area (Å²) < 4.78 is 5.53. The van der Waals surface area contributed by atoms with Crippen LogP contribution in [0.15, 0.2) is 39.6 Å². The summed E-state index contributed by atoms with van der Waals surface area (Å²) in [5.41, 5.74) is 2.82. The van der Waals surface area contributed by atoms with Crippen LogP contribution in [0.4, 0.5) is 5.95 Å². The minimum absolute atomic E-state index is 0.0665. The summed E-state index contributed by atoms with van der Waals surface area (Å²) in [6.45, 7) is 1.68. The molecule has 2 aromatic heterocycles. The molecule has 1 atom stereocenters. The molecule has 6 rings (SSSR count). The first-order valence-corrected chi connectivity index (χ1v) is 10.5. The van der Waals surface area contributed by atoms with Gasteiger partial charge in [0.15, 0.2) is 0 Å². The fourth-order valence-corrected chi connectivity index (χ4v) is 4.96. The quantitative estimate of drug-likeness (QED) is 0.740. The highest BCUT2D eigenvalue weighted by Crippen LogP contribution is 2.45. The Morgan fingerprint density at radius 1 is 1.14 bits per heavy atom. The van der Waals surface area contributed by atoms with E-state index in [0.29, 0.717) is 17.8 Å². The lowest BCUT2D eigenvalue weighted by atomic mass is 9.77. The molecule has 29 heavy (non-hydrogen) atoms. The third-order valence-electron chi connectivity index (χ3n) is 6.65. The normalized spacial score (nSPS) is 23.5. The summed E-state index contributed by atoms with van der Waals surface area (Å²) in [6.07, 6.45) is 6.12. The van der Waals surface area contributed by atoms with E-state index < -0.39 is 0 Å².